The molecule has 0 atom stereocenters. The summed E-state index contributed by atoms with van der Waals surface area (Å²) < 4.78 is 0.801. The fourth-order valence-electron chi connectivity index (χ4n) is 0.674. The first-order chi connectivity index (χ1) is 5.24. The van der Waals surface area contributed by atoms with Crippen LogP contribution in [0.5, 0.6) is 5.75 Å². The smallest absolute Gasteiger partial charge is 0.197 e. The summed E-state index contributed by atoms with van der Waals surface area (Å²) in [7, 11) is 1.47. The van der Waals surface area contributed by atoms with Crippen molar-refractivity contribution in [2.75, 3.05) is 7.11 Å². The van der Waals surface area contributed by atoms with Gasteiger partial charge in [0.25, 0.3) is 0 Å². The van der Waals surface area contributed by atoms with E-state index in [0.29, 0.717) is 5.75 Å². The van der Waals surface area contributed by atoms with Crippen LogP contribution in [0.1, 0.15) is 5.56 Å². The predicted molar refractivity (Wildman–Crippen MR) is 49.3 cm³/mol. The molecule has 0 N–H and O–H groups in total. The van der Waals surface area contributed by atoms with Crippen molar-refractivity contribution in [1.82, 2.24) is 4.98 Å². The number of aryl methyl sites for hydroxylation is 1. The van der Waals surface area contributed by atoms with Crippen molar-refractivity contribution >= 4 is 22.6 Å². The van der Waals surface area contributed by atoms with Crippen LogP contribution < -0.4 is 4.89 Å². The maximum absolute atomic E-state index is 4.85. The van der Waals surface area contributed by atoms with Crippen LogP contribution >= 0.6 is 22.6 Å². The first-order valence-corrected chi connectivity index (χ1v) is 4.14. The Morgan fingerprint density at radius 1 is 1.55 bits per heavy atom. The second-order valence-electron chi connectivity index (χ2n) is 2.05. The summed E-state index contributed by atoms with van der Waals surface area (Å²) in [6.07, 6.45) is 1.78. The largest absolute Gasteiger partial charge is 0.335 e. The van der Waals surface area contributed by atoms with E-state index in [0.717, 1.165) is 9.26 Å². The molecule has 0 aromatic carbocycles. The van der Waals surface area contributed by atoms with Gasteiger partial charge in [0.1, 0.15) is 3.70 Å². The Morgan fingerprint density at radius 2 is 2.27 bits per heavy atom. The van der Waals surface area contributed by atoms with E-state index in [1.165, 1.54) is 7.11 Å². The van der Waals surface area contributed by atoms with Gasteiger partial charge in [-0.15, -0.1) is 0 Å². The first kappa shape index (κ1) is 8.73. The normalized spacial score (nSPS) is 9.73. The molecule has 0 spiro atoms. The van der Waals surface area contributed by atoms with Crippen LogP contribution in [0, 0.1) is 10.6 Å². The molecule has 0 saturated heterocycles. The Hall–Kier alpha value is -0.360. The van der Waals surface area contributed by atoms with Gasteiger partial charge >= 0.3 is 0 Å². The maximum Gasteiger partial charge on any atom is 0.197 e. The maximum atomic E-state index is 4.85. The van der Waals surface area contributed by atoms with Crippen molar-refractivity contribution in [2.45, 2.75) is 6.92 Å². The summed E-state index contributed by atoms with van der Waals surface area (Å²) >= 11 is 2.08. The van der Waals surface area contributed by atoms with E-state index < -0.39 is 0 Å². The molecule has 1 heterocycles. The average Bonchev–Trinajstić information content (AvgIpc) is 1.98. The third-order valence-corrected chi connectivity index (χ3v) is 1.93. The summed E-state index contributed by atoms with van der Waals surface area (Å²) in [4.78, 5) is 13.4. The average molecular weight is 265 g/mol. The van der Waals surface area contributed by atoms with Crippen LogP contribution in [-0.4, -0.2) is 12.1 Å². The molecule has 0 bridgehead atoms. The third-order valence-electron chi connectivity index (χ3n) is 1.12. The molecule has 4 heteroatoms. The standard InChI is InChI=1S/C7H8INO2/c1-5-3-6(11-10-2)7(8)9-4-5/h3-4H,1-2H3. The summed E-state index contributed by atoms with van der Waals surface area (Å²) in [5, 5.41) is 0. The number of halogens is 1. The minimum atomic E-state index is 0.660. The van der Waals surface area contributed by atoms with E-state index in [1.54, 1.807) is 6.20 Å². The van der Waals surface area contributed by atoms with Crippen LogP contribution in [0.4, 0.5) is 0 Å². The fraction of sp³-hybridized carbons (Fsp3) is 0.286. The molecule has 0 amide bonds. The molecule has 0 aliphatic rings. The quantitative estimate of drug-likeness (QED) is 0.354. The van der Waals surface area contributed by atoms with Crippen LogP contribution in [0.25, 0.3) is 0 Å². The highest BCUT2D eigenvalue weighted by Gasteiger charge is 2.01. The summed E-state index contributed by atoms with van der Waals surface area (Å²) in [6, 6.07) is 1.87. The van der Waals surface area contributed by atoms with Gasteiger partial charge in [0.2, 0.25) is 0 Å². The zero-order valence-electron chi connectivity index (χ0n) is 6.30. The van der Waals surface area contributed by atoms with Crippen LogP contribution in [-0.2, 0) is 4.89 Å². The lowest BCUT2D eigenvalue weighted by Crippen LogP contribution is -1.95. The highest BCUT2D eigenvalue weighted by atomic mass is 127. The van der Waals surface area contributed by atoms with Crippen molar-refractivity contribution in [3.05, 3.63) is 21.5 Å². The number of hydrogen-bond donors (Lipinski definition) is 0. The lowest BCUT2D eigenvalue weighted by atomic mass is 10.3. The molecule has 0 aliphatic heterocycles. The topological polar surface area (TPSA) is 31.4 Å². The summed E-state index contributed by atoms with van der Waals surface area (Å²) in [5.41, 5.74) is 1.05. The molecule has 0 radical (unpaired) electrons. The molecule has 0 fully saturated rings. The Kier molecular flexibility index (Phi) is 3.07. The molecule has 3 nitrogen and oxygen atoms in total. The third kappa shape index (κ3) is 2.30. The molecule has 0 unspecified atom stereocenters. The van der Waals surface area contributed by atoms with Crippen molar-refractivity contribution in [3.8, 4) is 5.75 Å². The molecular formula is C7H8INO2. The van der Waals surface area contributed by atoms with Crippen LogP contribution in [0.2, 0.25) is 0 Å². The monoisotopic (exact) mass is 265 g/mol. The highest BCUT2D eigenvalue weighted by Crippen LogP contribution is 2.18. The van der Waals surface area contributed by atoms with Crippen LogP contribution in [0.3, 0.4) is 0 Å². The van der Waals surface area contributed by atoms with Crippen molar-refractivity contribution in [1.29, 1.82) is 0 Å². The van der Waals surface area contributed by atoms with Gasteiger partial charge in [0, 0.05) is 6.20 Å². The van der Waals surface area contributed by atoms with Gasteiger partial charge in [-0.25, -0.2) is 4.98 Å². The lowest BCUT2D eigenvalue weighted by Gasteiger charge is -2.02. The highest BCUT2D eigenvalue weighted by molar-refractivity contribution is 14.1. The molecule has 0 saturated carbocycles. The van der Waals surface area contributed by atoms with Gasteiger partial charge in [0.15, 0.2) is 5.75 Å². The van der Waals surface area contributed by atoms with E-state index in [2.05, 4.69) is 32.5 Å². The number of aromatic nitrogens is 1. The molecule has 0 aliphatic carbocycles. The van der Waals surface area contributed by atoms with Crippen molar-refractivity contribution in [3.63, 3.8) is 0 Å². The number of nitrogens with zero attached hydrogens (tertiary/aromatic N) is 1. The minimum Gasteiger partial charge on any atom is -0.335 e. The molecule has 1 aromatic rings. The lowest BCUT2D eigenvalue weighted by molar-refractivity contribution is -0.179. The van der Waals surface area contributed by atoms with E-state index in [-0.39, 0.29) is 0 Å². The molecule has 11 heavy (non-hydrogen) atoms. The van der Waals surface area contributed by atoms with Gasteiger partial charge in [-0.1, -0.05) is 0 Å². The molecule has 1 rings (SSSR count). The Labute approximate surface area is 78.8 Å². The first-order valence-electron chi connectivity index (χ1n) is 3.07. The molecule has 1 aromatic heterocycles. The van der Waals surface area contributed by atoms with Gasteiger partial charge in [0.05, 0.1) is 7.11 Å². The van der Waals surface area contributed by atoms with E-state index >= 15 is 0 Å². The summed E-state index contributed by atoms with van der Waals surface area (Å²) in [6.45, 7) is 1.95. The second-order valence-corrected chi connectivity index (χ2v) is 3.07. The van der Waals surface area contributed by atoms with Gasteiger partial charge in [-0.05, 0) is 41.1 Å². The van der Waals surface area contributed by atoms with Gasteiger partial charge in [-0.3, -0.25) is 0 Å². The number of hydrogen-bond acceptors (Lipinski definition) is 3. The van der Waals surface area contributed by atoms with Gasteiger partial charge in [-0.2, -0.15) is 4.89 Å². The molecular weight excluding hydrogens is 257 g/mol. The predicted octanol–water partition coefficient (Wildman–Crippen LogP) is 1.93. The zero-order valence-corrected chi connectivity index (χ0v) is 8.45. The molecule has 60 valence electrons. The van der Waals surface area contributed by atoms with Crippen molar-refractivity contribution in [2.24, 2.45) is 0 Å². The van der Waals surface area contributed by atoms with Gasteiger partial charge < -0.3 is 4.89 Å². The summed E-state index contributed by atoms with van der Waals surface area (Å²) in [5.74, 6) is 0.660. The number of rotatable bonds is 2. The Morgan fingerprint density at radius 3 is 2.91 bits per heavy atom. The second kappa shape index (κ2) is 3.87. The SMILES string of the molecule is COOc1cc(C)cnc1I. The number of pyridine rings is 1. The van der Waals surface area contributed by atoms with E-state index in [4.69, 9.17) is 4.89 Å². The van der Waals surface area contributed by atoms with E-state index in [1.807, 2.05) is 13.0 Å². The Balaban J connectivity index is 2.93. The van der Waals surface area contributed by atoms with Crippen LogP contribution in [0.15, 0.2) is 12.3 Å². The van der Waals surface area contributed by atoms with E-state index in [9.17, 15) is 0 Å². The fourth-order valence-corrected chi connectivity index (χ4v) is 1.06. The van der Waals surface area contributed by atoms with Crippen molar-refractivity contribution < 1.29 is 9.78 Å². The Bertz CT molecular complexity index is 252. The zero-order chi connectivity index (χ0) is 8.27. The minimum absolute atomic E-state index is 0.660.